The summed E-state index contributed by atoms with van der Waals surface area (Å²) in [6.45, 7) is 5.97. The van der Waals surface area contributed by atoms with Gasteiger partial charge >= 0.3 is 0 Å². The Labute approximate surface area is 90.6 Å². The van der Waals surface area contributed by atoms with Crippen LogP contribution in [0.25, 0.3) is 0 Å². The number of aromatic nitrogens is 2. The molecule has 0 amide bonds. The standard InChI is InChI=1S/C11H19N3O/c1-2-4-14-8-11(7-13-14)12-6-10-3-5-15-9-10/h7-8,10,12H,2-6,9H2,1H3. The molecule has 0 bridgehead atoms. The molecule has 1 N–H and O–H groups in total. The van der Waals surface area contributed by atoms with Crippen LogP contribution in [0.3, 0.4) is 0 Å². The molecule has 1 fully saturated rings. The lowest BCUT2D eigenvalue weighted by Crippen LogP contribution is -2.13. The van der Waals surface area contributed by atoms with Crippen molar-refractivity contribution >= 4 is 5.69 Å². The van der Waals surface area contributed by atoms with Gasteiger partial charge in [-0.05, 0) is 12.8 Å². The van der Waals surface area contributed by atoms with E-state index in [1.54, 1.807) is 0 Å². The molecule has 2 rings (SSSR count). The van der Waals surface area contributed by atoms with Crippen molar-refractivity contribution in [2.75, 3.05) is 25.1 Å². The number of nitrogens with zero attached hydrogens (tertiary/aromatic N) is 2. The van der Waals surface area contributed by atoms with E-state index in [9.17, 15) is 0 Å². The van der Waals surface area contributed by atoms with Gasteiger partial charge in [0.05, 0.1) is 18.5 Å². The van der Waals surface area contributed by atoms with Crippen LogP contribution in [0.4, 0.5) is 5.69 Å². The summed E-state index contributed by atoms with van der Waals surface area (Å²) in [7, 11) is 0. The number of hydrogen-bond acceptors (Lipinski definition) is 3. The van der Waals surface area contributed by atoms with Gasteiger partial charge in [-0.2, -0.15) is 5.10 Å². The molecule has 4 nitrogen and oxygen atoms in total. The van der Waals surface area contributed by atoms with E-state index in [-0.39, 0.29) is 0 Å². The fourth-order valence-electron chi connectivity index (χ4n) is 1.81. The van der Waals surface area contributed by atoms with E-state index in [0.29, 0.717) is 5.92 Å². The lowest BCUT2D eigenvalue weighted by Gasteiger charge is -2.08. The van der Waals surface area contributed by atoms with Gasteiger partial charge in [0.1, 0.15) is 0 Å². The number of nitrogens with one attached hydrogen (secondary N) is 1. The van der Waals surface area contributed by atoms with Crippen LogP contribution in [-0.2, 0) is 11.3 Å². The summed E-state index contributed by atoms with van der Waals surface area (Å²) in [4.78, 5) is 0. The summed E-state index contributed by atoms with van der Waals surface area (Å²) in [5.74, 6) is 0.666. The number of ether oxygens (including phenoxy) is 1. The lowest BCUT2D eigenvalue weighted by molar-refractivity contribution is 0.187. The first-order valence-corrected chi connectivity index (χ1v) is 5.72. The highest BCUT2D eigenvalue weighted by Gasteiger charge is 2.15. The Bertz CT molecular complexity index is 292. The van der Waals surface area contributed by atoms with Crippen molar-refractivity contribution in [3.05, 3.63) is 12.4 Å². The average molecular weight is 209 g/mol. The molecule has 1 aromatic heterocycles. The quantitative estimate of drug-likeness (QED) is 0.803. The van der Waals surface area contributed by atoms with Crippen molar-refractivity contribution in [2.45, 2.75) is 26.3 Å². The molecule has 4 heteroatoms. The molecule has 1 atom stereocenters. The zero-order valence-corrected chi connectivity index (χ0v) is 9.28. The molecule has 1 aromatic rings. The topological polar surface area (TPSA) is 39.1 Å². The molecule has 1 unspecified atom stereocenters. The smallest absolute Gasteiger partial charge is 0.0726 e. The molecule has 0 radical (unpaired) electrons. The Morgan fingerprint density at radius 2 is 2.60 bits per heavy atom. The van der Waals surface area contributed by atoms with Gasteiger partial charge in [-0.15, -0.1) is 0 Å². The van der Waals surface area contributed by atoms with Crippen molar-refractivity contribution in [2.24, 2.45) is 5.92 Å². The van der Waals surface area contributed by atoms with Gasteiger partial charge in [0.2, 0.25) is 0 Å². The first kappa shape index (κ1) is 10.5. The van der Waals surface area contributed by atoms with Crippen LogP contribution in [0.1, 0.15) is 19.8 Å². The minimum atomic E-state index is 0.666. The van der Waals surface area contributed by atoms with Gasteiger partial charge in [0.15, 0.2) is 0 Å². The fraction of sp³-hybridized carbons (Fsp3) is 0.727. The van der Waals surface area contributed by atoms with Crippen LogP contribution >= 0.6 is 0 Å². The molecule has 1 aliphatic rings. The largest absolute Gasteiger partial charge is 0.382 e. The summed E-state index contributed by atoms with van der Waals surface area (Å²) >= 11 is 0. The highest BCUT2D eigenvalue weighted by molar-refractivity contribution is 5.38. The molecule has 1 saturated heterocycles. The Balaban J connectivity index is 1.77. The van der Waals surface area contributed by atoms with E-state index in [1.807, 2.05) is 10.9 Å². The SMILES string of the molecule is CCCn1cc(NCC2CCOC2)cn1. The van der Waals surface area contributed by atoms with Crippen LogP contribution in [0, 0.1) is 5.92 Å². The summed E-state index contributed by atoms with van der Waals surface area (Å²) in [6, 6.07) is 0. The van der Waals surface area contributed by atoms with E-state index in [2.05, 4.69) is 23.5 Å². The van der Waals surface area contributed by atoms with Gasteiger partial charge in [-0.3, -0.25) is 4.68 Å². The van der Waals surface area contributed by atoms with Crippen molar-refractivity contribution < 1.29 is 4.74 Å². The monoisotopic (exact) mass is 209 g/mol. The first-order chi connectivity index (χ1) is 7.38. The summed E-state index contributed by atoms with van der Waals surface area (Å²) in [6.07, 6.45) is 6.26. The second kappa shape index (κ2) is 5.16. The van der Waals surface area contributed by atoms with Crippen LogP contribution in [-0.4, -0.2) is 29.5 Å². The molecule has 1 aliphatic heterocycles. The summed E-state index contributed by atoms with van der Waals surface area (Å²) < 4.78 is 7.31. The molecule has 15 heavy (non-hydrogen) atoms. The maximum atomic E-state index is 5.33. The minimum Gasteiger partial charge on any atom is -0.382 e. The fourth-order valence-corrected chi connectivity index (χ4v) is 1.81. The Kier molecular flexibility index (Phi) is 3.61. The van der Waals surface area contributed by atoms with Crippen molar-refractivity contribution in [1.29, 1.82) is 0 Å². The van der Waals surface area contributed by atoms with E-state index in [1.165, 1.54) is 6.42 Å². The normalized spacial score (nSPS) is 20.7. The van der Waals surface area contributed by atoms with Crippen LogP contribution in [0.5, 0.6) is 0 Å². The molecule has 0 saturated carbocycles. The van der Waals surface area contributed by atoms with E-state index >= 15 is 0 Å². The zero-order valence-electron chi connectivity index (χ0n) is 9.28. The molecule has 84 valence electrons. The van der Waals surface area contributed by atoms with E-state index in [0.717, 1.165) is 38.4 Å². The maximum absolute atomic E-state index is 5.33. The summed E-state index contributed by atoms with van der Waals surface area (Å²) in [5.41, 5.74) is 1.12. The molecule has 2 heterocycles. The van der Waals surface area contributed by atoms with Crippen LogP contribution in [0.15, 0.2) is 12.4 Å². The number of rotatable bonds is 5. The number of anilines is 1. The maximum Gasteiger partial charge on any atom is 0.0726 e. The van der Waals surface area contributed by atoms with E-state index in [4.69, 9.17) is 4.74 Å². The zero-order chi connectivity index (χ0) is 10.5. The molecule has 0 spiro atoms. The lowest BCUT2D eigenvalue weighted by atomic mass is 10.1. The van der Waals surface area contributed by atoms with Crippen LogP contribution in [0.2, 0.25) is 0 Å². The molecular formula is C11H19N3O. The average Bonchev–Trinajstić information content (AvgIpc) is 2.85. The predicted octanol–water partition coefficient (Wildman–Crippen LogP) is 1.74. The van der Waals surface area contributed by atoms with Crippen LogP contribution < -0.4 is 5.32 Å². The van der Waals surface area contributed by atoms with Gasteiger partial charge in [-0.1, -0.05) is 6.92 Å². The van der Waals surface area contributed by atoms with Gasteiger partial charge in [0, 0.05) is 31.8 Å². The Morgan fingerprint density at radius 3 is 3.33 bits per heavy atom. The van der Waals surface area contributed by atoms with E-state index < -0.39 is 0 Å². The van der Waals surface area contributed by atoms with Gasteiger partial charge in [-0.25, -0.2) is 0 Å². The second-order valence-electron chi connectivity index (χ2n) is 4.10. The third-order valence-corrected chi connectivity index (χ3v) is 2.70. The highest BCUT2D eigenvalue weighted by Crippen LogP contribution is 2.13. The number of aryl methyl sites for hydroxylation is 1. The summed E-state index contributed by atoms with van der Waals surface area (Å²) in [5, 5.41) is 7.68. The Hall–Kier alpha value is -1.03. The Morgan fingerprint density at radius 1 is 1.67 bits per heavy atom. The highest BCUT2D eigenvalue weighted by atomic mass is 16.5. The van der Waals surface area contributed by atoms with Crippen molar-refractivity contribution in [3.63, 3.8) is 0 Å². The second-order valence-corrected chi connectivity index (χ2v) is 4.10. The third-order valence-electron chi connectivity index (χ3n) is 2.70. The third kappa shape index (κ3) is 2.96. The minimum absolute atomic E-state index is 0.666. The molecular weight excluding hydrogens is 190 g/mol. The van der Waals surface area contributed by atoms with Gasteiger partial charge in [0.25, 0.3) is 0 Å². The first-order valence-electron chi connectivity index (χ1n) is 5.72. The molecule has 0 aliphatic carbocycles. The number of hydrogen-bond donors (Lipinski definition) is 1. The predicted molar refractivity (Wildman–Crippen MR) is 59.9 cm³/mol. The van der Waals surface area contributed by atoms with Gasteiger partial charge < -0.3 is 10.1 Å². The molecule has 0 aromatic carbocycles. The van der Waals surface area contributed by atoms with Crippen molar-refractivity contribution in [3.8, 4) is 0 Å². The van der Waals surface area contributed by atoms with Crippen molar-refractivity contribution in [1.82, 2.24) is 9.78 Å².